The lowest BCUT2D eigenvalue weighted by molar-refractivity contribution is -0.473. The first-order valence-electron chi connectivity index (χ1n) is 7.63. The number of hydrogen-bond acceptors (Lipinski definition) is 7. The molecule has 2 atom stereocenters. The first kappa shape index (κ1) is 20.9. The van der Waals surface area contributed by atoms with Crippen LogP contribution in [0.5, 0.6) is 0 Å². The van der Waals surface area contributed by atoms with E-state index in [9.17, 15) is 0 Å². The SMILES string of the molecule is CCOC(OCC)(OCC)O[SiH](CC(CN)CCN)OC. The maximum atomic E-state index is 5.94. The minimum atomic E-state index is -2.05. The van der Waals surface area contributed by atoms with Crippen molar-refractivity contribution in [2.45, 2.75) is 39.4 Å². The van der Waals surface area contributed by atoms with Crippen molar-refractivity contribution in [1.82, 2.24) is 0 Å². The minimum Gasteiger partial charge on any atom is -0.400 e. The molecule has 0 aromatic rings. The fourth-order valence-corrected chi connectivity index (χ4v) is 3.83. The van der Waals surface area contributed by atoms with Crippen molar-refractivity contribution < 1.29 is 23.1 Å². The molecule has 0 bridgehead atoms. The molecule has 0 aliphatic carbocycles. The zero-order valence-electron chi connectivity index (χ0n) is 13.8. The zero-order chi connectivity index (χ0) is 16.1. The summed E-state index contributed by atoms with van der Waals surface area (Å²) >= 11 is 0. The second-order valence-corrected chi connectivity index (χ2v) is 6.53. The molecule has 0 aliphatic heterocycles. The highest BCUT2D eigenvalue weighted by Gasteiger charge is 2.39. The van der Waals surface area contributed by atoms with Crippen molar-refractivity contribution in [2.24, 2.45) is 17.4 Å². The van der Waals surface area contributed by atoms with E-state index in [2.05, 4.69) is 0 Å². The average Bonchev–Trinajstić information content (AvgIpc) is 2.46. The van der Waals surface area contributed by atoms with E-state index in [-0.39, 0.29) is 5.92 Å². The smallest absolute Gasteiger partial charge is 0.400 e. The van der Waals surface area contributed by atoms with Crippen LogP contribution < -0.4 is 11.5 Å². The molecule has 0 heterocycles. The molecule has 21 heavy (non-hydrogen) atoms. The molecular formula is C13H32N2O5Si. The second kappa shape index (κ2) is 12.5. The van der Waals surface area contributed by atoms with E-state index < -0.39 is 15.4 Å². The lowest BCUT2D eigenvalue weighted by atomic mass is 10.1. The van der Waals surface area contributed by atoms with Crippen molar-refractivity contribution >= 4 is 9.28 Å². The fraction of sp³-hybridized carbons (Fsp3) is 1.00. The molecule has 4 N–H and O–H groups in total. The van der Waals surface area contributed by atoms with Gasteiger partial charge in [-0.05, 0) is 52.2 Å². The Morgan fingerprint density at radius 3 is 1.86 bits per heavy atom. The molecule has 0 saturated carbocycles. The van der Waals surface area contributed by atoms with Crippen LogP contribution in [-0.4, -0.2) is 55.5 Å². The van der Waals surface area contributed by atoms with Crippen LogP contribution in [0.2, 0.25) is 6.04 Å². The Labute approximate surface area is 130 Å². The number of rotatable bonds is 14. The van der Waals surface area contributed by atoms with E-state index in [1.54, 1.807) is 7.11 Å². The summed E-state index contributed by atoms with van der Waals surface area (Å²) in [5.41, 5.74) is 11.4. The summed E-state index contributed by atoms with van der Waals surface area (Å²) in [7, 11) is -0.424. The van der Waals surface area contributed by atoms with E-state index in [4.69, 9.17) is 34.5 Å². The highest BCUT2D eigenvalue weighted by Crippen LogP contribution is 2.22. The zero-order valence-corrected chi connectivity index (χ0v) is 15.0. The van der Waals surface area contributed by atoms with Gasteiger partial charge in [-0.25, -0.2) is 0 Å². The van der Waals surface area contributed by atoms with Crippen LogP contribution in [0.4, 0.5) is 0 Å². The first-order valence-corrected chi connectivity index (χ1v) is 9.39. The highest BCUT2D eigenvalue weighted by atomic mass is 28.3. The van der Waals surface area contributed by atoms with Crippen LogP contribution in [0, 0.1) is 5.92 Å². The summed E-state index contributed by atoms with van der Waals surface area (Å²) < 4.78 is 28.1. The van der Waals surface area contributed by atoms with Gasteiger partial charge in [-0.15, -0.1) is 0 Å². The summed E-state index contributed by atoms with van der Waals surface area (Å²) in [5.74, 6) is 0.272. The van der Waals surface area contributed by atoms with Crippen LogP contribution in [0.3, 0.4) is 0 Å². The Kier molecular flexibility index (Phi) is 12.4. The Morgan fingerprint density at radius 2 is 1.52 bits per heavy atom. The molecular weight excluding hydrogens is 292 g/mol. The van der Waals surface area contributed by atoms with Gasteiger partial charge in [0.05, 0.1) is 19.8 Å². The summed E-state index contributed by atoms with van der Waals surface area (Å²) in [5, 5.41) is 0. The lowest BCUT2D eigenvalue weighted by Gasteiger charge is -2.34. The molecule has 0 aromatic heterocycles. The van der Waals surface area contributed by atoms with Crippen LogP contribution in [0.25, 0.3) is 0 Å². The van der Waals surface area contributed by atoms with Crippen molar-refractivity contribution in [1.29, 1.82) is 0 Å². The van der Waals surface area contributed by atoms with Gasteiger partial charge in [0.25, 0.3) is 0 Å². The Hall–Kier alpha value is -0.0631. The first-order chi connectivity index (χ1) is 10.1. The van der Waals surface area contributed by atoms with Gasteiger partial charge in [0.2, 0.25) is 0 Å². The summed E-state index contributed by atoms with van der Waals surface area (Å²) in [6, 6.07) is 0.735. The standard InChI is InChI=1S/C13H32N2O5Si/c1-5-17-13(18-6-2,19-7-3)20-21(16-4)11-12(10-15)8-9-14/h12,21H,5-11,14-15H2,1-4H3. The van der Waals surface area contributed by atoms with Crippen molar-refractivity contribution in [3.63, 3.8) is 0 Å². The van der Waals surface area contributed by atoms with Gasteiger partial charge in [-0.3, -0.25) is 0 Å². The largest absolute Gasteiger partial charge is 0.404 e. The number of nitrogens with two attached hydrogens (primary N) is 2. The van der Waals surface area contributed by atoms with E-state index in [0.717, 1.165) is 12.5 Å². The number of hydrogen-bond donors (Lipinski definition) is 2. The highest BCUT2D eigenvalue weighted by molar-refractivity contribution is 6.44. The normalized spacial score (nSPS) is 15.1. The third-order valence-corrected chi connectivity index (χ3v) is 5.06. The predicted octanol–water partition coefficient (Wildman–Crippen LogP) is 0.514. The molecule has 0 saturated heterocycles. The van der Waals surface area contributed by atoms with Gasteiger partial charge in [-0.1, -0.05) is 0 Å². The molecule has 0 aliphatic rings. The average molecular weight is 324 g/mol. The molecule has 0 radical (unpaired) electrons. The lowest BCUT2D eigenvalue weighted by Crippen LogP contribution is -2.48. The van der Waals surface area contributed by atoms with Crippen LogP contribution in [0.1, 0.15) is 27.2 Å². The molecule has 0 aromatic carbocycles. The van der Waals surface area contributed by atoms with Gasteiger partial charge < -0.3 is 34.5 Å². The van der Waals surface area contributed by atoms with Crippen LogP contribution in [-0.2, 0) is 23.1 Å². The van der Waals surface area contributed by atoms with E-state index >= 15 is 0 Å². The summed E-state index contributed by atoms with van der Waals surface area (Å²) in [4.78, 5) is 0. The molecule has 128 valence electrons. The van der Waals surface area contributed by atoms with Crippen molar-refractivity contribution in [3.8, 4) is 0 Å². The molecule has 0 fully saturated rings. The van der Waals surface area contributed by atoms with E-state index in [0.29, 0.717) is 32.9 Å². The van der Waals surface area contributed by atoms with E-state index in [1.807, 2.05) is 20.8 Å². The molecule has 0 rings (SSSR count). The number of ether oxygens (including phenoxy) is 3. The maximum Gasteiger partial charge on any atom is 0.404 e. The molecule has 2 unspecified atom stereocenters. The Balaban J connectivity index is 4.80. The maximum absolute atomic E-state index is 5.94. The van der Waals surface area contributed by atoms with Crippen LogP contribution >= 0.6 is 0 Å². The monoisotopic (exact) mass is 324 g/mol. The molecule has 7 nitrogen and oxygen atoms in total. The summed E-state index contributed by atoms with van der Waals surface area (Å²) in [6.07, 6.45) is -0.634. The molecule has 0 amide bonds. The quantitative estimate of drug-likeness (QED) is 0.355. The Bertz CT molecular complexity index is 232. The molecule has 0 spiro atoms. The second-order valence-electron chi connectivity index (χ2n) is 4.50. The van der Waals surface area contributed by atoms with Gasteiger partial charge >= 0.3 is 15.4 Å². The van der Waals surface area contributed by atoms with Gasteiger partial charge in [0, 0.05) is 7.11 Å². The van der Waals surface area contributed by atoms with Crippen molar-refractivity contribution in [3.05, 3.63) is 0 Å². The van der Waals surface area contributed by atoms with Gasteiger partial charge in [-0.2, -0.15) is 0 Å². The third kappa shape index (κ3) is 8.22. The minimum absolute atomic E-state index is 0.272. The molecule has 8 heteroatoms. The third-order valence-electron chi connectivity index (χ3n) is 2.94. The van der Waals surface area contributed by atoms with E-state index in [1.165, 1.54) is 0 Å². The summed E-state index contributed by atoms with van der Waals surface area (Å²) in [6.45, 7) is 7.96. The van der Waals surface area contributed by atoms with Gasteiger partial charge in [0.1, 0.15) is 0 Å². The van der Waals surface area contributed by atoms with Crippen LogP contribution in [0.15, 0.2) is 0 Å². The topological polar surface area (TPSA) is 98.2 Å². The Morgan fingerprint density at radius 1 is 1.00 bits per heavy atom. The fourth-order valence-electron chi connectivity index (χ4n) is 1.95. The van der Waals surface area contributed by atoms with Gasteiger partial charge in [0.15, 0.2) is 0 Å². The van der Waals surface area contributed by atoms with Crippen molar-refractivity contribution in [2.75, 3.05) is 40.0 Å². The predicted molar refractivity (Wildman–Crippen MR) is 83.9 cm³/mol.